The Labute approximate surface area is 206 Å². The number of aromatic nitrogens is 1. The zero-order valence-corrected chi connectivity index (χ0v) is 20.4. The molecule has 0 atom stereocenters. The Morgan fingerprint density at radius 3 is 2.51 bits per heavy atom. The minimum Gasteiger partial charge on any atom is -0.370 e. The smallest absolute Gasteiger partial charge is 0.195 e. The minimum atomic E-state index is -0.412. The number of hydrogen-bond acceptors (Lipinski definition) is 4. The first-order valence-corrected chi connectivity index (χ1v) is 12.7. The molecule has 0 bridgehead atoms. The fourth-order valence-electron chi connectivity index (χ4n) is 6.48. The third-order valence-electron chi connectivity index (χ3n) is 8.45. The number of H-pyrrole nitrogens is 1. The lowest BCUT2D eigenvalue weighted by Crippen LogP contribution is -2.44. The van der Waals surface area contributed by atoms with Crippen molar-refractivity contribution in [1.29, 1.82) is 5.26 Å². The fourth-order valence-corrected chi connectivity index (χ4v) is 6.48. The van der Waals surface area contributed by atoms with Crippen LogP contribution in [0.4, 0.5) is 5.69 Å². The number of nitriles is 1. The van der Waals surface area contributed by atoms with Gasteiger partial charge in [0.15, 0.2) is 5.78 Å². The van der Waals surface area contributed by atoms with Crippen LogP contribution >= 0.6 is 0 Å². The van der Waals surface area contributed by atoms with Gasteiger partial charge in [-0.15, -0.1) is 6.42 Å². The predicted molar refractivity (Wildman–Crippen MR) is 139 cm³/mol. The maximum Gasteiger partial charge on any atom is 0.195 e. The standard InChI is InChI=1S/C30H30N4O/c1-4-19-7-8-22-25(15-19)32-29-27(22)28(35)23-16-20(18-31)26(17-24(23)30(29,2)3)34-13-9-21(10-14-34)33-11-5-6-12-33/h1,7-8,15-17,21,32H,5-6,9-14H2,2-3H3. The maximum atomic E-state index is 13.8. The van der Waals surface area contributed by atoms with E-state index in [0.29, 0.717) is 22.7 Å². The van der Waals surface area contributed by atoms with Crippen molar-refractivity contribution in [2.45, 2.75) is 51.0 Å². The van der Waals surface area contributed by atoms with Crippen LogP contribution in [0.25, 0.3) is 10.9 Å². The van der Waals surface area contributed by atoms with E-state index in [1.807, 2.05) is 24.3 Å². The molecule has 0 amide bonds. The van der Waals surface area contributed by atoms with Gasteiger partial charge in [-0.25, -0.2) is 0 Å². The number of benzene rings is 2. The van der Waals surface area contributed by atoms with Gasteiger partial charge in [0.05, 0.1) is 16.8 Å². The molecular weight excluding hydrogens is 432 g/mol. The van der Waals surface area contributed by atoms with Gasteiger partial charge >= 0.3 is 0 Å². The van der Waals surface area contributed by atoms with E-state index in [9.17, 15) is 10.1 Å². The molecule has 1 aromatic heterocycles. The van der Waals surface area contributed by atoms with Crippen molar-refractivity contribution in [1.82, 2.24) is 9.88 Å². The van der Waals surface area contributed by atoms with E-state index in [4.69, 9.17) is 6.42 Å². The van der Waals surface area contributed by atoms with Gasteiger partial charge in [0.2, 0.25) is 0 Å². The quantitative estimate of drug-likeness (QED) is 0.547. The molecule has 0 radical (unpaired) electrons. The van der Waals surface area contributed by atoms with Gasteiger partial charge in [-0.05, 0) is 68.6 Å². The molecule has 0 saturated carbocycles. The molecule has 3 heterocycles. The number of carbonyl (C=O) groups is 1. The summed E-state index contributed by atoms with van der Waals surface area (Å²) in [7, 11) is 0. The Bertz CT molecular complexity index is 1430. The van der Waals surface area contributed by atoms with Gasteiger partial charge in [0, 0.05) is 52.3 Å². The molecule has 5 nitrogen and oxygen atoms in total. The highest BCUT2D eigenvalue weighted by Gasteiger charge is 2.41. The van der Waals surface area contributed by atoms with Gasteiger partial charge in [0.25, 0.3) is 0 Å². The van der Waals surface area contributed by atoms with Crippen molar-refractivity contribution in [3.63, 3.8) is 0 Å². The Morgan fingerprint density at radius 1 is 1.09 bits per heavy atom. The number of piperidine rings is 1. The van der Waals surface area contributed by atoms with Gasteiger partial charge in [-0.2, -0.15) is 5.26 Å². The fraction of sp³-hybridized carbons (Fsp3) is 0.400. The van der Waals surface area contributed by atoms with Gasteiger partial charge < -0.3 is 14.8 Å². The highest BCUT2D eigenvalue weighted by atomic mass is 16.1. The molecule has 2 aromatic carbocycles. The van der Waals surface area contributed by atoms with E-state index >= 15 is 0 Å². The molecule has 2 saturated heterocycles. The summed E-state index contributed by atoms with van der Waals surface area (Å²) in [5.74, 6) is 2.66. The number of nitrogens with one attached hydrogen (secondary N) is 1. The molecule has 2 aliphatic heterocycles. The lowest BCUT2D eigenvalue weighted by molar-refractivity contribution is 0.103. The summed E-state index contributed by atoms with van der Waals surface area (Å²) in [6.45, 7) is 8.64. The van der Waals surface area contributed by atoms with Crippen molar-refractivity contribution in [3.8, 4) is 18.4 Å². The number of likely N-dealkylation sites (tertiary alicyclic amines) is 1. The lowest BCUT2D eigenvalue weighted by Gasteiger charge is -2.39. The average Bonchev–Trinajstić information content (AvgIpc) is 3.55. The van der Waals surface area contributed by atoms with Gasteiger partial charge in [-0.1, -0.05) is 25.8 Å². The molecule has 2 fully saturated rings. The summed E-state index contributed by atoms with van der Waals surface area (Å²) in [4.78, 5) is 22.3. The maximum absolute atomic E-state index is 13.8. The number of nitrogens with zero attached hydrogens (tertiary/aromatic N) is 3. The molecule has 6 rings (SSSR count). The van der Waals surface area contributed by atoms with Crippen LogP contribution in [0.5, 0.6) is 0 Å². The molecule has 0 spiro atoms. The number of aromatic amines is 1. The van der Waals surface area contributed by atoms with Crippen LogP contribution in [0.2, 0.25) is 0 Å². The lowest BCUT2D eigenvalue weighted by atomic mass is 9.70. The number of ketones is 1. The van der Waals surface area contributed by atoms with E-state index < -0.39 is 5.41 Å². The molecule has 3 aliphatic rings. The molecule has 176 valence electrons. The van der Waals surface area contributed by atoms with E-state index in [1.54, 1.807) is 0 Å². The zero-order chi connectivity index (χ0) is 24.3. The zero-order valence-electron chi connectivity index (χ0n) is 20.4. The van der Waals surface area contributed by atoms with Crippen LogP contribution in [0.3, 0.4) is 0 Å². The third kappa shape index (κ3) is 3.30. The first kappa shape index (κ1) is 22.0. The summed E-state index contributed by atoms with van der Waals surface area (Å²) in [6.07, 6.45) is 10.5. The van der Waals surface area contributed by atoms with Crippen LogP contribution in [0, 0.1) is 23.7 Å². The number of fused-ring (bicyclic) bond motifs is 4. The summed E-state index contributed by atoms with van der Waals surface area (Å²) in [5.41, 5.74) is 6.03. The Hall–Kier alpha value is -3.54. The van der Waals surface area contributed by atoms with Crippen molar-refractivity contribution >= 4 is 22.4 Å². The molecule has 5 heteroatoms. The van der Waals surface area contributed by atoms with E-state index in [-0.39, 0.29) is 5.78 Å². The Balaban J connectivity index is 1.41. The van der Waals surface area contributed by atoms with E-state index in [2.05, 4.69) is 46.7 Å². The topological polar surface area (TPSA) is 63.1 Å². The summed E-state index contributed by atoms with van der Waals surface area (Å²) in [5, 5.41) is 10.9. The first-order chi connectivity index (χ1) is 16.9. The summed E-state index contributed by atoms with van der Waals surface area (Å²) in [6, 6.07) is 12.7. The highest BCUT2D eigenvalue weighted by molar-refractivity contribution is 6.20. The monoisotopic (exact) mass is 462 g/mol. The number of terminal acetylenes is 1. The third-order valence-corrected chi connectivity index (χ3v) is 8.45. The number of anilines is 1. The molecule has 1 aliphatic carbocycles. The number of hydrogen-bond donors (Lipinski definition) is 1. The number of rotatable bonds is 2. The molecule has 35 heavy (non-hydrogen) atoms. The van der Waals surface area contributed by atoms with Crippen LogP contribution < -0.4 is 4.90 Å². The summed E-state index contributed by atoms with van der Waals surface area (Å²) < 4.78 is 0. The average molecular weight is 463 g/mol. The molecule has 0 unspecified atom stereocenters. The normalized spacial score (nSPS) is 19.9. The van der Waals surface area contributed by atoms with Gasteiger partial charge in [-0.3, -0.25) is 4.79 Å². The largest absolute Gasteiger partial charge is 0.370 e. The van der Waals surface area contributed by atoms with Crippen LogP contribution in [0.1, 0.15) is 77.8 Å². The Morgan fingerprint density at radius 2 is 1.83 bits per heavy atom. The predicted octanol–water partition coefficient (Wildman–Crippen LogP) is 4.96. The SMILES string of the molecule is C#Cc1ccc2c3c([nH]c2c1)C(C)(C)c1cc(N2CCC(N4CCCC4)CC2)c(C#N)cc1C3=O. The van der Waals surface area contributed by atoms with Crippen molar-refractivity contribution < 1.29 is 4.79 Å². The first-order valence-electron chi connectivity index (χ1n) is 12.7. The molecule has 1 N–H and O–H groups in total. The second kappa shape index (κ2) is 8.01. The number of carbonyl (C=O) groups excluding carboxylic acids is 1. The van der Waals surface area contributed by atoms with E-state index in [0.717, 1.165) is 59.3 Å². The minimum absolute atomic E-state index is 0.0233. The molecular formula is C30H30N4O. The Kier molecular flexibility index (Phi) is 5.02. The van der Waals surface area contributed by atoms with Crippen molar-refractivity contribution in [2.75, 3.05) is 31.1 Å². The molecule has 3 aromatic rings. The second-order valence-corrected chi connectivity index (χ2v) is 10.7. The van der Waals surface area contributed by atoms with Gasteiger partial charge in [0.1, 0.15) is 6.07 Å². The second-order valence-electron chi connectivity index (χ2n) is 10.7. The van der Waals surface area contributed by atoms with Crippen molar-refractivity contribution in [2.24, 2.45) is 0 Å². The van der Waals surface area contributed by atoms with Crippen LogP contribution in [-0.2, 0) is 5.41 Å². The van der Waals surface area contributed by atoms with Crippen LogP contribution in [-0.4, -0.2) is 47.9 Å². The van der Waals surface area contributed by atoms with Crippen molar-refractivity contribution in [3.05, 3.63) is 63.8 Å². The summed E-state index contributed by atoms with van der Waals surface area (Å²) >= 11 is 0. The highest BCUT2D eigenvalue weighted by Crippen LogP contribution is 2.45. The van der Waals surface area contributed by atoms with Crippen LogP contribution in [0.15, 0.2) is 30.3 Å². The van der Waals surface area contributed by atoms with E-state index in [1.165, 1.54) is 25.9 Å².